The third-order valence-corrected chi connectivity index (χ3v) is 8.81. The van der Waals surface area contributed by atoms with E-state index in [0.717, 1.165) is 28.0 Å². The van der Waals surface area contributed by atoms with Crippen LogP contribution in [-0.4, -0.2) is 40.5 Å². The number of hydrogen-bond donors (Lipinski definition) is 1. The minimum absolute atomic E-state index is 0.164. The van der Waals surface area contributed by atoms with Crippen LogP contribution in [0.3, 0.4) is 0 Å². The number of para-hydroxylation sites is 1. The number of rotatable bonds is 6. The first-order chi connectivity index (χ1) is 17.4. The molecule has 182 valence electrons. The summed E-state index contributed by atoms with van der Waals surface area (Å²) in [5.41, 5.74) is 4.45. The molecule has 9 heteroatoms. The summed E-state index contributed by atoms with van der Waals surface area (Å²) in [6.07, 6.45) is 4.47. The van der Waals surface area contributed by atoms with Gasteiger partial charge in [0.05, 0.1) is 16.9 Å². The Hall–Kier alpha value is -3.40. The smallest absolute Gasteiger partial charge is 0.315 e. The van der Waals surface area contributed by atoms with Gasteiger partial charge in [-0.1, -0.05) is 36.4 Å². The molecule has 6 rings (SSSR count). The number of imidazole rings is 1. The predicted molar refractivity (Wildman–Crippen MR) is 139 cm³/mol. The van der Waals surface area contributed by atoms with Crippen LogP contribution in [0.2, 0.25) is 0 Å². The lowest BCUT2D eigenvalue weighted by Gasteiger charge is -2.25. The van der Waals surface area contributed by atoms with Crippen molar-refractivity contribution < 1.29 is 22.4 Å². The Balaban J connectivity index is 1.41. The van der Waals surface area contributed by atoms with E-state index in [1.807, 2.05) is 47.2 Å². The first-order valence-electron chi connectivity index (χ1n) is 11.4. The lowest BCUT2D eigenvalue weighted by atomic mass is 9.83. The van der Waals surface area contributed by atoms with Crippen LogP contribution in [0.4, 0.5) is 0 Å². The number of aromatic nitrogens is 2. The van der Waals surface area contributed by atoms with Crippen molar-refractivity contribution in [2.75, 3.05) is 0 Å². The lowest BCUT2D eigenvalue weighted by molar-refractivity contribution is 0.128. The maximum Gasteiger partial charge on any atom is 0.315 e. The molecule has 36 heavy (non-hydrogen) atoms. The number of phenols is 1. The minimum Gasteiger partial charge on any atom is -0.508 e. The molecule has 7 nitrogen and oxygen atoms in total. The second-order valence-corrected chi connectivity index (χ2v) is 11.3. The molecule has 0 saturated carbocycles. The summed E-state index contributed by atoms with van der Waals surface area (Å²) in [7, 11) is -4.00. The van der Waals surface area contributed by atoms with Crippen LogP contribution < -0.4 is 4.18 Å². The largest absolute Gasteiger partial charge is 0.508 e. The molecule has 0 radical (unpaired) electrons. The summed E-state index contributed by atoms with van der Waals surface area (Å²) in [5, 5.41) is 8.93. The molecular weight excluding hydrogens is 544 g/mol. The monoisotopic (exact) mass is 564 g/mol. The summed E-state index contributed by atoms with van der Waals surface area (Å²) in [5.74, 6) is 0.409. The second kappa shape index (κ2) is 8.92. The molecule has 0 spiro atoms. The van der Waals surface area contributed by atoms with Crippen LogP contribution in [0.1, 0.15) is 17.5 Å². The van der Waals surface area contributed by atoms with E-state index < -0.39 is 27.6 Å². The van der Waals surface area contributed by atoms with Crippen LogP contribution in [0.25, 0.3) is 16.8 Å². The van der Waals surface area contributed by atoms with Gasteiger partial charge in [0.2, 0.25) is 0 Å². The summed E-state index contributed by atoms with van der Waals surface area (Å²) in [6.45, 7) is 0. The third kappa shape index (κ3) is 4.03. The number of hydrogen-bond acceptors (Lipinski definition) is 6. The maximum atomic E-state index is 13.4. The third-order valence-electron chi connectivity index (χ3n) is 6.56. The molecule has 0 amide bonds. The summed E-state index contributed by atoms with van der Waals surface area (Å²) >= 11 is 3.36. The summed E-state index contributed by atoms with van der Waals surface area (Å²) in [4.78, 5) is 4.10. The average molecular weight is 565 g/mol. The number of ether oxygens (including phenoxy) is 1. The van der Waals surface area contributed by atoms with Crippen LogP contribution in [0.15, 0.2) is 96.0 Å². The molecule has 2 aliphatic heterocycles. The molecule has 1 unspecified atom stereocenters. The van der Waals surface area contributed by atoms with Crippen molar-refractivity contribution in [3.05, 3.63) is 107 Å². The number of fused-ring (bicyclic) bond motifs is 2. The predicted octanol–water partition coefficient (Wildman–Crippen LogP) is 5.20. The van der Waals surface area contributed by atoms with Gasteiger partial charge >= 0.3 is 10.1 Å². The van der Waals surface area contributed by atoms with Crippen LogP contribution in [0.5, 0.6) is 11.5 Å². The standard InChI is InChI=1S/C27H21BrN2O5S/c28-21-3-1-2-4-22(21)35-36(32,33)24-15-23-25(17-7-11-20(31)12-8-17)26(27(24)34-23)18-5-9-19(10-6-18)30-14-13-29-16-30/h1-14,16,23-24,27,31H,15H2/t23-,24?,27+/m1/s1. The van der Waals surface area contributed by atoms with Gasteiger partial charge in [-0.2, -0.15) is 8.42 Å². The van der Waals surface area contributed by atoms with Crippen molar-refractivity contribution in [2.24, 2.45) is 0 Å². The van der Waals surface area contributed by atoms with E-state index in [0.29, 0.717) is 4.47 Å². The van der Waals surface area contributed by atoms with E-state index in [1.165, 1.54) is 0 Å². The topological polar surface area (TPSA) is 90.7 Å². The van der Waals surface area contributed by atoms with Crippen LogP contribution in [0, 0.1) is 0 Å². The molecule has 0 aliphatic carbocycles. The molecule has 4 aromatic rings. The molecule has 3 atom stereocenters. The Morgan fingerprint density at radius 1 is 0.972 bits per heavy atom. The van der Waals surface area contributed by atoms with Crippen molar-refractivity contribution >= 4 is 37.2 Å². The van der Waals surface area contributed by atoms with Gasteiger partial charge < -0.3 is 18.6 Å². The Morgan fingerprint density at radius 2 is 1.67 bits per heavy atom. The normalized spacial score (nSPS) is 21.2. The molecule has 2 aliphatic rings. The van der Waals surface area contributed by atoms with Gasteiger partial charge in [0, 0.05) is 24.5 Å². The van der Waals surface area contributed by atoms with E-state index in [4.69, 9.17) is 8.92 Å². The Bertz CT molecular complexity index is 1550. The van der Waals surface area contributed by atoms with E-state index in [1.54, 1.807) is 48.9 Å². The summed E-state index contributed by atoms with van der Waals surface area (Å²) in [6, 6.07) is 21.6. The fourth-order valence-corrected chi connectivity index (χ4v) is 6.82. The SMILES string of the molecule is O=S(=O)(Oc1ccccc1Br)C1C[C@H]2O[C@@H]1C(c1ccc(-n3ccnc3)cc1)=C2c1ccc(O)cc1. The van der Waals surface area contributed by atoms with Gasteiger partial charge in [0.1, 0.15) is 17.1 Å². The summed E-state index contributed by atoms with van der Waals surface area (Å²) < 4.78 is 41.2. The number of nitrogens with zero attached hydrogens (tertiary/aromatic N) is 2. The quantitative estimate of drug-likeness (QED) is 0.324. The first-order valence-corrected chi connectivity index (χ1v) is 13.6. The molecule has 3 aromatic carbocycles. The molecule has 3 heterocycles. The fraction of sp³-hybridized carbons (Fsp3) is 0.148. The average Bonchev–Trinajstić information content (AvgIpc) is 3.63. The highest BCUT2D eigenvalue weighted by Gasteiger charge is 2.53. The first kappa shape index (κ1) is 23.0. The van der Waals surface area contributed by atoms with Crippen LogP contribution >= 0.6 is 15.9 Å². The highest BCUT2D eigenvalue weighted by molar-refractivity contribution is 9.10. The van der Waals surface area contributed by atoms with E-state index in [-0.39, 0.29) is 17.9 Å². The van der Waals surface area contributed by atoms with Gasteiger partial charge in [0.25, 0.3) is 0 Å². The molecular formula is C27H21BrN2O5S. The minimum atomic E-state index is -4.00. The van der Waals surface area contributed by atoms with Crippen molar-refractivity contribution in [1.82, 2.24) is 9.55 Å². The van der Waals surface area contributed by atoms with E-state index in [2.05, 4.69) is 20.9 Å². The van der Waals surface area contributed by atoms with E-state index >= 15 is 0 Å². The fourth-order valence-electron chi connectivity index (χ4n) is 4.92. The Morgan fingerprint density at radius 3 is 2.36 bits per heavy atom. The Kier molecular flexibility index (Phi) is 5.70. The molecule has 1 aromatic heterocycles. The van der Waals surface area contributed by atoms with Crippen molar-refractivity contribution in [3.63, 3.8) is 0 Å². The van der Waals surface area contributed by atoms with Crippen molar-refractivity contribution in [3.8, 4) is 17.2 Å². The lowest BCUT2D eigenvalue weighted by Crippen LogP contribution is -2.35. The van der Waals surface area contributed by atoms with Gasteiger partial charge in [-0.25, -0.2) is 4.98 Å². The molecule has 1 N–H and O–H groups in total. The van der Waals surface area contributed by atoms with Crippen molar-refractivity contribution in [2.45, 2.75) is 23.9 Å². The van der Waals surface area contributed by atoms with Gasteiger partial charge in [-0.3, -0.25) is 0 Å². The highest BCUT2D eigenvalue weighted by atomic mass is 79.9. The second-order valence-electron chi connectivity index (χ2n) is 8.72. The van der Waals surface area contributed by atoms with Crippen molar-refractivity contribution in [1.29, 1.82) is 0 Å². The maximum absolute atomic E-state index is 13.4. The number of benzene rings is 3. The number of halogens is 1. The van der Waals surface area contributed by atoms with Gasteiger partial charge in [-0.05, 0) is 74.6 Å². The van der Waals surface area contributed by atoms with Crippen LogP contribution in [-0.2, 0) is 14.9 Å². The zero-order valence-corrected chi connectivity index (χ0v) is 21.3. The Labute approximate surface area is 216 Å². The molecule has 2 bridgehead atoms. The highest BCUT2D eigenvalue weighted by Crippen LogP contribution is 2.51. The van der Waals surface area contributed by atoms with Gasteiger partial charge in [-0.15, -0.1) is 0 Å². The van der Waals surface area contributed by atoms with E-state index in [9.17, 15) is 13.5 Å². The number of phenolic OH excluding ortho intramolecular Hbond substituents is 1. The number of aromatic hydroxyl groups is 1. The zero-order chi connectivity index (χ0) is 24.9. The zero-order valence-electron chi connectivity index (χ0n) is 18.9. The molecule has 1 saturated heterocycles. The molecule has 1 fully saturated rings. The van der Waals surface area contributed by atoms with Gasteiger partial charge in [0.15, 0.2) is 5.75 Å².